The molecule has 4 heterocycles. The van der Waals surface area contributed by atoms with E-state index in [1.807, 2.05) is 60.7 Å². The molecule has 7 nitrogen and oxygen atoms in total. The van der Waals surface area contributed by atoms with Gasteiger partial charge in [-0.1, -0.05) is 60.2 Å². The maximum absolute atomic E-state index is 6.52. The van der Waals surface area contributed by atoms with Crippen LogP contribution in [0.4, 0.5) is 17.2 Å². The molecule has 4 aromatic carbocycles. The van der Waals surface area contributed by atoms with Crippen molar-refractivity contribution in [3.8, 4) is 22.9 Å². The largest absolute Gasteiger partial charge is 0.456 e. The highest BCUT2D eigenvalue weighted by molar-refractivity contribution is 6.11. The zero-order valence-corrected chi connectivity index (χ0v) is 26.6. The van der Waals surface area contributed by atoms with Crippen molar-refractivity contribution in [1.82, 2.24) is 24.6 Å². The number of hydrogen-bond acceptors (Lipinski definition) is 6. The number of fused-ring (bicyclic) bond motifs is 6. The van der Waals surface area contributed by atoms with Crippen LogP contribution in [0.15, 0.2) is 122 Å². The van der Waals surface area contributed by atoms with Gasteiger partial charge in [0.1, 0.15) is 17.3 Å². The molecule has 0 unspecified atom stereocenters. The molecule has 7 heteroatoms. The van der Waals surface area contributed by atoms with Gasteiger partial charge in [0.15, 0.2) is 11.5 Å². The summed E-state index contributed by atoms with van der Waals surface area (Å²) < 4.78 is 8.69. The first kappa shape index (κ1) is 28.4. The number of ether oxygens (including phenoxy) is 1. The smallest absolute Gasteiger partial charge is 0.171 e. The number of aromatic nitrogens is 5. The van der Waals surface area contributed by atoms with E-state index >= 15 is 0 Å². The molecule has 4 aromatic heterocycles. The summed E-state index contributed by atoms with van der Waals surface area (Å²) in [6, 6.07) is 36.9. The molecular formula is C40H32N6O. The second-order valence-corrected chi connectivity index (χ2v) is 12.0. The monoisotopic (exact) mass is 612 g/mol. The molecule has 0 aliphatic heterocycles. The van der Waals surface area contributed by atoms with Gasteiger partial charge in [0.05, 0.1) is 22.9 Å². The van der Waals surface area contributed by atoms with Crippen LogP contribution in [0, 0.1) is 27.7 Å². The van der Waals surface area contributed by atoms with Gasteiger partial charge in [-0.3, -0.25) is 14.3 Å². The molecule has 47 heavy (non-hydrogen) atoms. The van der Waals surface area contributed by atoms with Gasteiger partial charge in [0.2, 0.25) is 0 Å². The summed E-state index contributed by atoms with van der Waals surface area (Å²) in [7, 11) is 0. The van der Waals surface area contributed by atoms with Crippen LogP contribution in [0.2, 0.25) is 0 Å². The molecule has 0 spiro atoms. The Bertz CT molecular complexity index is 2370. The number of rotatable bonds is 6. The highest BCUT2D eigenvalue weighted by Gasteiger charge is 2.21. The first-order chi connectivity index (χ1) is 23.0. The van der Waals surface area contributed by atoms with E-state index in [2.05, 4.69) is 90.5 Å². The third-order valence-corrected chi connectivity index (χ3v) is 8.60. The van der Waals surface area contributed by atoms with E-state index in [0.717, 1.165) is 61.6 Å². The van der Waals surface area contributed by atoms with Gasteiger partial charge in [-0.2, -0.15) is 0 Å². The van der Waals surface area contributed by atoms with Crippen LogP contribution in [-0.2, 0) is 0 Å². The summed E-state index contributed by atoms with van der Waals surface area (Å²) in [5.41, 5.74) is 10.4. The normalized spacial score (nSPS) is 11.4. The van der Waals surface area contributed by atoms with E-state index < -0.39 is 0 Å². The second kappa shape index (κ2) is 11.4. The van der Waals surface area contributed by atoms with Crippen LogP contribution in [0.3, 0.4) is 0 Å². The fourth-order valence-corrected chi connectivity index (χ4v) is 6.70. The minimum atomic E-state index is 0.612. The molecule has 0 saturated heterocycles. The van der Waals surface area contributed by atoms with Crippen molar-refractivity contribution in [3.63, 3.8) is 0 Å². The predicted molar refractivity (Wildman–Crippen MR) is 189 cm³/mol. The molecule has 0 aliphatic rings. The van der Waals surface area contributed by atoms with Crippen molar-refractivity contribution in [1.29, 1.82) is 0 Å². The maximum Gasteiger partial charge on any atom is 0.171 e. The topological polar surface area (TPSA) is 68.4 Å². The van der Waals surface area contributed by atoms with E-state index in [1.54, 1.807) is 12.4 Å². The van der Waals surface area contributed by atoms with Gasteiger partial charge in [0, 0.05) is 34.3 Å². The second-order valence-electron chi connectivity index (χ2n) is 12.0. The van der Waals surface area contributed by atoms with E-state index in [4.69, 9.17) is 19.9 Å². The van der Waals surface area contributed by atoms with E-state index in [0.29, 0.717) is 11.5 Å². The van der Waals surface area contributed by atoms with E-state index in [-0.39, 0.29) is 0 Å². The average Bonchev–Trinajstić information content (AvgIpc) is 3.51. The lowest BCUT2D eigenvalue weighted by molar-refractivity contribution is 0.481. The van der Waals surface area contributed by atoms with Gasteiger partial charge >= 0.3 is 0 Å². The zero-order valence-electron chi connectivity index (χ0n) is 26.6. The molecule has 0 atom stereocenters. The summed E-state index contributed by atoms with van der Waals surface area (Å²) in [6.45, 7) is 8.52. The molecule has 0 N–H and O–H groups in total. The van der Waals surface area contributed by atoms with Gasteiger partial charge in [0.25, 0.3) is 0 Å². The molecule has 228 valence electrons. The fourth-order valence-electron chi connectivity index (χ4n) is 6.70. The quantitative estimate of drug-likeness (QED) is 0.174. The van der Waals surface area contributed by atoms with Crippen LogP contribution < -0.4 is 9.64 Å². The number of pyridine rings is 3. The third kappa shape index (κ3) is 4.93. The number of para-hydroxylation sites is 1. The molecule has 0 bridgehead atoms. The van der Waals surface area contributed by atoms with Gasteiger partial charge in [-0.05, 0) is 92.9 Å². The Morgan fingerprint density at radius 3 is 2.19 bits per heavy atom. The molecule has 0 saturated carbocycles. The number of hydrogen-bond donors (Lipinski definition) is 0. The Morgan fingerprint density at radius 2 is 1.40 bits per heavy atom. The summed E-state index contributed by atoms with van der Waals surface area (Å²) in [5, 5.41) is 11.5. The van der Waals surface area contributed by atoms with Crippen LogP contribution in [0.5, 0.6) is 11.5 Å². The molecule has 0 amide bonds. The van der Waals surface area contributed by atoms with Crippen LogP contribution >= 0.6 is 0 Å². The minimum absolute atomic E-state index is 0.612. The molecule has 0 aliphatic carbocycles. The molecule has 8 aromatic rings. The molecule has 0 fully saturated rings. The highest BCUT2D eigenvalue weighted by atomic mass is 16.5. The van der Waals surface area contributed by atoms with Gasteiger partial charge < -0.3 is 4.74 Å². The van der Waals surface area contributed by atoms with E-state index in [9.17, 15) is 0 Å². The fraction of sp³-hybridized carbons (Fsp3) is 0.100. The maximum atomic E-state index is 6.52. The Kier molecular flexibility index (Phi) is 6.87. The van der Waals surface area contributed by atoms with Crippen molar-refractivity contribution in [2.75, 3.05) is 4.90 Å². The Balaban J connectivity index is 1.27. The lowest BCUT2D eigenvalue weighted by Gasteiger charge is -2.24. The summed E-state index contributed by atoms with van der Waals surface area (Å²) in [6.07, 6.45) is 3.59. The SMILES string of the molecule is Cc1cc(C)c(-c2nnc3c4cc(Oc5cccc(N(c6ccccc6)c6ccccn6)c5)cnc4c4c(C)cccc4n23)c(C)c1. The lowest BCUT2D eigenvalue weighted by Crippen LogP contribution is -2.11. The standard InChI is InChI=1S/C40H32N6O/c1-25-20-27(3)36(28(4)21-25)40-44-43-39-33-23-32(24-42-38(33)37-26(2)12-10-17-34(37)46(39)40)47-31-16-11-15-30(22-31)45(29-13-6-5-7-14-29)35-18-8-9-19-41-35/h5-24H,1-4H3. The Labute approximate surface area is 272 Å². The van der Waals surface area contributed by atoms with Crippen molar-refractivity contribution in [2.45, 2.75) is 27.7 Å². The van der Waals surface area contributed by atoms with Crippen molar-refractivity contribution in [3.05, 3.63) is 144 Å². The average molecular weight is 613 g/mol. The van der Waals surface area contributed by atoms with Crippen LogP contribution in [-0.4, -0.2) is 24.6 Å². The summed E-state index contributed by atoms with van der Waals surface area (Å²) in [5.74, 6) is 2.93. The zero-order chi connectivity index (χ0) is 32.1. The first-order valence-corrected chi connectivity index (χ1v) is 15.6. The highest BCUT2D eigenvalue weighted by Crippen LogP contribution is 2.38. The minimum Gasteiger partial charge on any atom is -0.456 e. The van der Waals surface area contributed by atoms with Gasteiger partial charge in [-0.15, -0.1) is 10.2 Å². The van der Waals surface area contributed by atoms with Crippen molar-refractivity contribution in [2.24, 2.45) is 0 Å². The first-order valence-electron chi connectivity index (χ1n) is 15.6. The molecular weight excluding hydrogens is 580 g/mol. The lowest BCUT2D eigenvalue weighted by atomic mass is 9.99. The van der Waals surface area contributed by atoms with Crippen molar-refractivity contribution >= 4 is 44.6 Å². The number of benzene rings is 4. The van der Waals surface area contributed by atoms with Crippen molar-refractivity contribution < 1.29 is 4.74 Å². The third-order valence-electron chi connectivity index (χ3n) is 8.60. The van der Waals surface area contributed by atoms with Gasteiger partial charge in [-0.25, -0.2) is 4.98 Å². The molecule has 8 rings (SSSR count). The molecule has 0 radical (unpaired) electrons. The summed E-state index contributed by atoms with van der Waals surface area (Å²) in [4.78, 5) is 11.7. The number of nitrogens with zero attached hydrogens (tertiary/aromatic N) is 6. The Hall–Kier alpha value is -6.08. The number of anilines is 3. The predicted octanol–water partition coefficient (Wildman–Crippen LogP) is 9.99. The number of aryl methyl sites for hydroxylation is 4. The van der Waals surface area contributed by atoms with Crippen LogP contribution in [0.25, 0.3) is 38.8 Å². The van der Waals surface area contributed by atoms with Crippen LogP contribution in [0.1, 0.15) is 22.3 Å². The van der Waals surface area contributed by atoms with E-state index in [1.165, 1.54) is 16.7 Å². The summed E-state index contributed by atoms with van der Waals surface area (Å²) >= 11 is 0. The Morgan fingerprint density at radius 1 is 0.638 bits per heavy atom.